The van der Waals surface area contributed by atoms with Crippen LogP contribution in [0.5, 0.6) is 0 Å². The molecule has 1 atom stereocenters. The van der Waals surface area contributed by atoms with Crippen LogP contribution < -0.4 is 5.73 Å². The van der Waals surface area contributed by atoms with Crippen molar-refractivity contribution in [2.24, 2.45) is 11.1 Å². The van der Waals surface area contributed by atoms with Crippen molar-refractivity contribution < 1.29 is 9.53 Å². The van der Waals surface area contributed by atoms with Crippen molar-refractivity contribution in [2.45, 2.75) is 13.0 Å². The summed E-state index contributed by atoms with van der Waals surface area (Å²) in [5, 5.41) is 0. The number of hydrogen-bond donors (Lipinski definition) is 1. The van der Waals surface area contributed by atoms with Crippen LogP contribution in [-0.2, 0) is 9.53 Å². The Balaban J connectivity index is 1.84. The minimum absolute atomic E-state index is 0.115. The molecule has 2 aliphatic rings. The van der Waals surface area contributed by atoms with Gasteiger partial charge in [-0.15, -0.1) is 0 Å². The lowest BCUT2D eigenvalue weighted by atomic mass is 9.77. The Morgan fingerprint density at radius 1 is 1.58 bits per heavy atom. The lowest BCUT2D eigenvalue weighted by molar-refractivity contribution is -0.197. The van der Waals surface area contributed by atoms with Crippen LogP contribution in [-0.4, -0.2) is 43.2 Å². The van der Waals surface area contributed by atoms with E-state index in [1.165, 1.54) is 0 Å². The molecule has 2 heterocycles. The zero-order valence-corrected chi connectivity index (χ0v) is 7.25. The van der Waals surface area contributed by atoms with E-state index in [1.807, 2.05) is 6.92 Å². The van der Waals surface area contributed by atoms with Gasteiger partial charge in [-0.1, -0.05) is 0 Å². The Labute approximate surface area is 71.7 Å². The first-order chi connectivity index (χ1) is 5.63. The molecule has 0 aliphatic carbocycles. The molecule has 0 aromatic rings. The molecule has 12 heavy (non-hydrogen) atoms. The summed E-state index contributed by atoms with van der Waals surface area (Å²) in [7, 11) is 0. The average molecular weight is 170 g/mol. The molecule has 2 saturated heterocycles. The SMILES string of the molecule is CC(C(N)=O)N1CC2(COC2)C1. The Morgan fingerprint density at radius 3 is 2.50 bits per heavy atom. The quantitative estimate of drug-likeness (QED) is 0.590. The highest BCUT2D eigenvalue weighted by Gasteiger charge is 2.50. The van der Waals surface area contributed by atoms with E-state index in [9.17, 15) is 4.79 Å². The molecular formula is C8H14N2O2. The molecule has 0 bridgehead atoms. The second-order valence-corrected chi connectivity index (χ2v) is 3.98. The molecule has 4 heteroatoms. The van der Waals surface area contributed by atoms with Crippen LogP contribution in [0.25, 0.3) is 0 Å². The maximum atomic E-state index is 10.8. The normalized spacial score (nSPS) is 29.1. The Hall–Kier alpha value is -0.610. The molecule has 4 nitrogen and oxygen atoms in total. The van der Waals surface area contributed by atoms with Crippen molar-refractivity contribution in [1.29, 1.82) is 0 Å². The molecule has 1 unspecified atom stereocenters. The Morgan fingerprint density at radius 2 is 2.17 bits per heavy atom. The highest BCUT2D eigenvalue weighted by atomic mass is 16.5. The van der Waals surface area contributed by atoms with Gasteiger partial charge in [-0.3, -0.25) is 9.69 Å². The smallest absolute Gasteiger partial charge is 0.234 e. The van der Waals surface area contributed by atoms with E-state index in [2.05, 4.69) is 4.90 Å². The number of rotatable bonds is 2. The van der Waals surface area contributed by atoms with Crippen molar-refractivity contribution in [3.05, 3.63) is 0 Å². The molecule has 2 N–H and O–H groups in total. The number of amides is 1. The van der Waals surface area contributed by atoms with Crippen molar-refractivity contribution in [3.8, 4) is 0 Å². The predicted octanol–water partition coefficient (Wildman–Crippen LogP) is -0.808. The summed E-state index contributed by atoms with van der Waals surface area (Å²) in [5.41, 5.74) is 5.56. The molecule has 0 aromatic carbocycles. The highest BCUT2D eigenvalue weighted by Crippen LogP contribution is 2.38. The van der Waals surface area contributed by atoms with Gasteiger partial charge in [0, 0.05) is 18.5 Å². The third kappa shape index (κ3) is 1.03. The maximum absolute atomic E-state index is 10.8. The standard InChI is InChI=1S/C8H14N2O2/c1-6(7(9)11)10-2-8(3-10)4-12-5-8/h6H,2-5H2,1H3,(H2,9,11). The largest absolute Gasteiger partial charge is 0.380 e. The van der Waals surface area contributed by atoms with Gasteiger partial charge in [0.05, 0.1) is 19.3 Å². The molecule has 2 rings (SSSR count). The first kappa shape index (κ1) is 8.01. The first-order valence-corrected chi connectivity index (χ1v) is 4.24. The molecular weight excluding hydrogens is 156 g/mol. The molecule has 0 aromatic heterocycles. The van der Waals surface area contributed by atoms with E-state index in [4.69, 9.17) is 10.5 Å². The van der Waals surface area contributed by atoms with Crippen molar-refractivity contribution in [3.63, 3.8) is 0 Å². The topological polar surface area (TPSA) is 55.6 Å². The predicted molar refractivity (Wildman–Crippen MR) is 43.5 cm³/mol. The van der Waals surface area contributed by atoms with Crippen LogP contribution in [0.15, 0.2) is 0 Å². The molecule has 0 radical (unpaired) electrons. The minimum Gasteiger partial charge on any atom is -0.380 e. The lowest BCUT2D eigenvalue weighted by Crippen LogP contribution is -2.69. The Bertz CT molecular complexity index is 205. The molecule has 0 saturated carbocycles. The summed E-state index contributed by atoms with van der Waals surface area (Å²) in [6.45, 7) is 5.51. The van der Waals surface area contributed by atoms with Gasteiger partial charge in [0.1, 0.15) is 0 Å². The molecule has 68 valence electrons. The number of nitrogens with zero attached hydrogens (tertiary/aromatic N) is 1. The molecule has 2 aliphatic heterocycles. The number of hydrogen-bond acceptors (Lipinski definition) is 3. The Kier molecular flexibility index (Phi) is 1.63. The third-order valence-corrected chi connectivity index (χ3v) is 2.85. The molecule has 2 fully saturated rings. The fourth-order valence-corrected chi connectivity index (χ4v) is 1.84. The van der Waals surface area contributed by atoms with Crippen molar-refractivity contribution in [2.75, 3.05) is 26.3 Å². The summed E-state index contributed by atoms with van der Waals surface area (Å²) in [5.74, 6) is -0.231. The van der Waals surface area contributed by atoms with E-state index >= 15 is 0 Å². The number of likely N-dealkylation sites (tertiary alicyclic amines) is 1. The van der Waals surface area contributed by atoms with E-state index in [1.54, 1.807) is 0 Å². The number of primary amides is 1. The summed E-state index contributed by atoms with van der Waals surface area (Å²) in [6, 6.07) is -0.115. The fourth-order valence-electron chi connectivity index (χ4n) is 1.84. The molecule has 1 spiro atoms. The van der Waals surface area contributed by atoms with Crippen LogP contribution in [0.4, 0.5) is 0 Å². The number of ether oxygens (including phenoxy) is 1. The zero-order chi connectivity index (χ0) is 8.77. The summed E-state index contributed by atoms with van der Waals surface area (Å²) >= 11 is 0. The van der Waals surface area contributed by atoms with Gasteiger partial charge in [0.15, 0.2) is 0 Å². The molecule has 1 amide bonds. The second-order valence-electron chi connectivity index (χ2n) is 3.98. The van der Waals surface area contributed by atoms with Gasteiger partial charge in [0.2, 0.25) is 5.91 Å². The monoisotopic (exact) mass is 170 g/mol. The van der Waals surface area contributed by atoms with Crippen LogP contribution in [0.3, 0.4) is 0 Å². The van der Waals surface area contributed by atoms with Crippen molar-refractivity contribution >= 4 is 5.91 Å². The second kappa shape index (κ2) is 2.44. The van der Waals surface area contributed by atoms with Gasteiger partial charge >= 0.3 is 0 Å². The van der Waals surface area contributed by atoms with Crippen LogP contribution in [0, 0.1) is 5.41 Å². The van der Waals surface area contributed by atoms with E-state index in [0.29, 0.717) is 5.41 Å². The van der Waals surface area contributed by atoms with Gasteiger partial charge < -0.3 is 10.5 Å². The fraction of sp³-hybridized carbons (Fsp3) is 0.875. The van der Waals surface area contributed by atoms with Gasteiger partial charge in [-0.25, -0.2) is 0 Å². The maximum Gasteiger partial charge on any atom is 0.234 e. The highest BCUT2D eigenvalue weighted by molar-refractivity contribution is 5.79. The van der Waals surface area contributed by atoms with Crippen molar-refractivity contribution in [1.82, 2.24) is 4.90 Å². The van der Waals surface area contributed by atoms with Gasteiger partial charge in [-0.05, 0) is 6.92 Å². The van der Waals surface area contributed by atoms with E-state index < -0.39 is 0 Å². The summed E-state index contributed by atoms with van der Waals surface area (Å²) in [6.07, 6.45) is 0. The first-order valence-electron chi connectivity index (χ1n) is 4.24. The van der Waals surface area contributed by atoms with Crippen LogP contribution in [0.1, 0.15) is 6.92 Å². The third-order valence-electron chi connectivity index (χ3n) is 2.85. The summed E-state index contributed by atoms with van der Waals surface area (Å²) < 4.78 is 5.13. The number of nitrogens with two attached hydrogens (primary N) is 1. The van der Waals surface area contributed by atoms with Gasteiger partial charge in [-0.2, -0.15) is 0 Å². The van der Waals surface area contributed by atoms with Crippen LogP contribution in [0.2, 0.25) is 0 Å². The number of carbonyl (C=O) groups is 1. The van der Waals surface area contributed by atoms with E-state index in [-0.39, 0.29) is 11.9 Å². The summed E-state index contributed by atoms with van der Waals surface area (Å²) in [4.78, 5) is 12.9. The van der Waals surface area contributed by atoms with Crippen LogP contribution >= 0.6 is 0 Å². The van der Waals surface area contributed by atoms with E-state index in [0.717, 1.165) is 26.3 Å². The zero-order valence-electron chi connectivity index (χ0n) is 7.25. The average Bonchev–Trinajstić information content (AvgIpc) is 1.80. The van der Waals surface area contributed by atoms with Gasteiger partial charge in [0.25, 0.3) is 0 Å². The number of carbonyl (C=O) groups excluding carboxylic acids is 1. The lowest BCUT2D eigenvalue weighted by Gasteiger charge is -2.56. The minimum atomic E-state index is -0.231.